The molecule has 1 aromatic rings. The average molecular weight is 545 g/mol. The van der Waals surface area contributed by atoms with Gasteiger partial charge in [0.05, 0.1) is 18.3 Å². The first-order valence-electron chi connectivity index (χ1n) is 9.69. The van der Waals surface area contributed by atoms with Crippen molar-refractivity contribution in [2.45, 2.75) is 45.5 Å². The van der Waals surface area contributed by atoms with E-state index in [2.05, 4.69) is 15.6 Å². The van der Waals surface area contributed by atoms with Gasteiger partial charge in [-0.1, -0.05) is 6.07 Å². The maximum Gasteiger partial charge on any atom is 0.416 e. The summed E-state index contributed by atoms with van der Waals surface area (Å²) in [6.45, 7) is 5.21. The Kier molecular flexibility index (Phi) is 10.7. The number of ether oxygens (including phenoxy) is 2. The highest BCUT2D eigenvalue weighted by Gasteiger charge is 2.35. The summed E-state index contributed by atoms with van der Waals surface area (Å²) in [5, 5.41) is 15.4. The molecule has 30 heavy (non-hydrogen) atoms. The third kappa shape index (κ3) is 7.77. The van der Waals surface area contributed by atoms with Crippen molar-refractivity contribution in [2.24, 2.45) is 10.4 Å². The smallest absolute Gasteiger partial charge is 0.416 e. The van der Waals surface area contributed by atoms with Crippen molar-refractivity contribution in [3.8, 4) is 5.75 Å². The number of aliphatic imine (C=N–C) groups is 1. The van der Waals surface area contributed by atoms with E-state index in [1.807, 2.05) is 0 Å². The van der Waals surface area contributed by atoms with E-state index in [1.165, 1.54) is 12.1 Å². The normalized spacial score (nSPS) is 19.5. The van der Waals surface area contributed by atoms with E-state index in [4.69, 9.17) is 9.47 Å². The predicted octanol–water partition coefficient (Wildman–Crippen LogP) is 3.56. The van der Waals surface area contributed by atoms with E-state index in [0.29, 0.717) is 32.1 Å². The molecule has 0 aromatic heterocycles. The van der Waals surface area contributed by atoms with Crippen LogP contribution in [0, 0.1) is 5.41 Å². The molecule has 1 fully saturated rings. The Morgan fingerprint density at radius 1 is 1.33 bits per heavy atom. The molecule has 0 radical (unpaired) electrons. The van der Waals surface area contributed by atoms with Gasteiger partial charge in [-0.25, -0.2) is 0 Å². The molecule has 1 saturated heterocycles. The number of nitrogens with zero attached hydrogens (tertiary/aromatic N) is 1. The Hall–Kier alpha value is -1.27. The molecular weight excluding hydrogens is 514 g/mol. The van der Waals surface area contributed by atoms with Crippen molar-refractivity contribution < 1.29 is 27.8 Å². The molecule has 10 heteroatoms. The van der Waals surface area contributed by atoms with Gasteiger partial charge in [-0.2, -0.15) is 13.2 Å². The van der Waals surface area contributed by atoms with Gasteiger partial charge >= 0.3 is 6.18 Å². The Labute approximate surface area is 192 Å². The van der Waals surface area contributed by atoms with E-state index in [9.17, 15) is 18.3 Å². The van der Waals surface area contributed by atoms with E-state index < -0.39 is 11.7 Å². The van der Waals surface area contributed by atoms with Crippen LogP contribution < -0.4 is 15.4 Å². The zero-order valence-electron chi connectivity index (χ0n) is 17.5. The first-order chi connectivity index (χ1) is 13.7. The van der Waals surface area contributed by atoms with Gasteiger partial charge in [0.25, 0.3) is 0 Å². The van der Waals surface area contributed by atoms with Gasteiger partial charge in [0.1, 0.15) is 5.75 Å². The zero-order valence-corrected chi connectivity index (χ0v) is 19.8. The number of halogens is 4. The van der Waals surface area contributed by atoms with Gasteiger partial charge in [0.2, 0.25) is 0 Å². The molecule has 0 saturated carbocycles. The van der Waals surface area contributed by atoms with Crippen molar-refractivity contribution in [1.29, 1.82) is 0 Å². The fourth-order valence-electron chi connectivity index (χ4n) is 3.30. The average Bonchev–Trinajstić information content (AvgIpc) is 3.10. The maximum absolute atomic E-state index is 13.5. The van der Waals surface area contributed by atoms with Gasteiger partial charge < -0.3 is 25.2 Å². The first kappa shape index (κ1) is 26.8. The van der Waals surface area contributed by atoms with Crippen molar-refractivity contribution in [3.05, 3.63) is 29.3 Å². The van der Waals surface area contributed by atoms with Crippen LogP contribution in [0.3, 0.4) is 0 Å². The lowest BCUT2D eigenvalue weighted by Crippen LogP contribution is -2.44. The third-order valence-corrected chi connectivity index (χ3v) is 4.89. The molecule has 0 bridgehead atoms. The highest BCUT2D eigenvalue weighted by Crippen LogP contribution is 2.35. The summed E-state index contributed by atoms with van der Waals surface area (Å²) < 4.78 is 51.3. The number of rotatable bonds is 8. The summed E-state index contributed by atoms with van der Waals surface area (Å²) in [4.78, 5) is 4.09. The van der Waals surface area contributed by atoms with Crippen LogP contribution in [0.25, 0.3) is 0 Å². The molecule has 1 aliphatic rings. The van der Waals surface area contributed by atoms with Crippen LogP contribution in [-0.2, 0) is 17.5 Å². The highest BCUT2D eigenvalue weighted by molar-refractivity contribution is 14.0. The van der Waals surface area contributed by atoms with Crippen LogP contribution in [0.1, 0.15) is 37.8 Å². The molecule has 1 unspecified atom stereocenters. The van der Waals surface area contributed by atoms with Crippen LogP contribution in [0.4, 0.5) is 13.2 Å². The number of aliphatic hydroxyl groups excluding tert-OH is 1. The Bertz CT molecular complexity index is 694. The molecule has 1 heterocycles. The molecule has 172 valence electrons. The number of nitrogens with one attached hydrogen (secondary N) is 2. The lowest BCUT2D eigenvalue weighted by Gasteiger charge is -2.27. The Balaban J connectivity index is 0.00000450. The largest absolute Gasteiger partial charge is 0.491 e. The minimum Gasteiger partial charge on any atom is -0.491 e. The van der Waals surface area contributed by atoms with Crippen molar-refractivity contribution >= 4 is 29.9 Å². The third-order valence-electron chi connectivity index (χ3n) is 4.89. The van der Waals surface area contributed by atoms with Crippen LogP contribution >= 0.6 is 24.0 Å². The molecule has 0 amide bonds. The van der Waals surface area contributed by atoms with E-state index in [1.54, 1.807) is 20.9 Å². The van der Waals surface area contributed by atoms with Crippen LogP contribution in [-0.4, -0.2) is 50.6 Å². The standard InChI is InChI=1S/C20H30F3N3O3.HI/c1-14(2)29-16-5-4-15(17(10-16)20(21,22)23)11-25-18(24-3)26-12-19(6-8-27)7-9-28-13-19;/h4-5,10,14,27H,6-9,11-13H2,1-3H3,(H2,24,25,26);1H. The number of guanidine groups is 1. The van der Waals surface area contributed by atoms with E-state index >= 15 is 0 Å². The van der Waals surface area contributed by atoms with E-state index in [-0.39, 0.29) is 60.0 Å². The Morgan fingerprint density at radius 3 is 2.60 bits per heavy atom. The zero-order chi connectivity index (χ0) is 21.5. The van der Waals surface area contributed by atoms with Gasteiger partial charge in [-0.05, 0) is 44.4 Å². The molecule has 1 aromatic carbocycles. The van der Waals surface area contributed by atoms with Gasteiger partial charge in [0.15, 0.2) is 5.96 Å². The second-order valence-electron chi connectivity index (χ2n) is 7.54. The quantitative estimate of drug-likeness (QED) is 0.265. The molecule has 3 N–H and O–H groups in total. The van der Waals surface area contributed by atoms with Crippen molar-refractivity contribution in [2.75, 3.05) is 33.4 Å². The number of hydrogen-bond donors (Lipinski definition) is 3. The van der Waals surface area contributed by atoms with Crippen LogP contribution in [0.5, 0.6) is 5.75 Å². The highest BCUT2D eigenvalue weighted by atomic mass is 127. The second kappa shape index (κ2) is 11.9. The van der Waals surface area contributed by atoms with E-state index in [0.717, 1.165) is 12.5 Å². The number of benzene rings is 1. The molecule has 1 atom stereocenters. The molecule has 0 aliphatic carbocycles. The molecule has 0 spiro atoms. The van der Waals surface area contributed by atoms with Crippen LogP contribution in [0.15, 0.2) is 23.2 Å². The monoisotopic (exact) mass is 545 g/mol. The van der Waals surface area contributed by atoms with Crippen molar-refractivity contribution in [3.63, 3.8) is 0 Å². The SMILES string of the molecule is CN=C(NCc1ccc(OC(C)C)cc1C(F)(F)F)NCC1(CCO)CCOC1.I. The summed E-state index contributed by atoms with van der Waals surface area (Å²) in [6, 6.07) is 3.98. The second-order valence-corrected chi connectivity index (χ2v) is 7.54. The molecule has 6 nitrogen and oxygen atoms in total. The minimum atomic E-state index is -4.49. The fourth-order valence-corrected chi connectivity index (χ4v) is 3.30. The lowest BCUT2D eigenvalue weighted by molar-refractivity contribution is -0.138. The number of aliphatic hydroxyl groups is 1. The van der Waals surface area contributed by atoms with Gasteiger partial charge in [-0.3, -0.25) is 4.99 Å². The molecule has 1 aliphatic heterocycles. The summed E-state index contributed by atoms with van der Waals surface area (Å²) in [7, 11) is 1.56. The molecule has 2 rings (SSSR count). The first-order valence-corrected chi connectivity index (χ1v) is 9.69. The Morgan fingerprint density at radius 2 is 2.07 bits per heavy atom. The van der Waals surface area contributed by atoms with Gasteiger partial charge in [-0.15, -0.1) is 24.0 Å². The summed E-state index contributed by atoms with van der Waals surface area (Å²) in [6.07, 6.45) is -3.30. The predicted molar refractivity (Wildman–Crippen MR) is 120 cm³/mol. The maximum atomic E-state index is 13.5. The number of hydrogen-bond acceptors (Lipinski definition) is 4. The topological polar surface area (TPSA) is 75.1 Å². The van der Waals surface area contributed by atoms with Gasteiger partial charge in [0, 0.05) is 38.8 Å². The number of alkyl halides is 3. The lowest BCUT2D eigenvalue weighted by atomic mass is 9.84. The van der Waals surface area contributed by atoms with Crippen molar-refractivity contribution in [1.82, 2.24) is 10.6 Å². The fraction of sp³-hybridized carbons (Fsp3) is 0.650. The molecular formula is C20H31F3IN3O3. The summed E-state index contributed by atoms with van der Waals surface area (Å²) >= 11 is 0. The van der Waals surface area contributed by atoms with Crippen LogP contribution in [0.2, 0.25) is 0 Å². The summed E-state index contributed by atoms with van der Waals surface area (Å²) in [5.74, 6) is 0.579. The summed E-state index contributed by atoms with van der Waals surface area (Å²) in [5.41, 5.74) is -0.829. The minimum absolute atomic E-state index is 0.